The molecule has 24 heavy (non-hydrogen) atoms. The van der Waals surface area contributed by atoms with E-state index in [-0.39, 0.29) is 0 Å². The lowest BCUT2D eigenvalue weighted by molar-refractivity contribution is 0.682. The molecule has 122 valence electrons. The van der Waals surface area contributed by atoms with E-state index >= 15 is 0 Å². The van der Waals surface area contributed by atoms with Gasteiger partial charge in [-0.05, 0) is 47.4 Å². The number of hydrogen-bond acceptors (Lipinski definition) is 0. The maximum absolute atomic E-state index is 2.60. The van der Waals surface area contributed by atoms with Crippen LogP contribution in [0.25, 0.3) is 11.3 Å². The van der Waals surface area contributed by atoms with E-state index in [9.17, 15) is 0 Å². The lowest BCUT2D eigenvalue weighted by atomic mass is 10.0. The van der Waals surface area contributed by atoms with Crippen LogP contribution in [-0.4, -0.2) is 4.57 Å². The van der Waals surface area contributed by atoms with E-state index in [1.165, 1.54) is 36.1 Å². The number of nitrogens with zero attached hydrogens (tertiary/aromatic N) is 1. The number of benzene rings is 2. The molecule has 0 unspecified atom stereocenters. The standard InChI is InChI=1S/C23H25N/c1-17(2)22-20-14-9-15-21(20)23(19-12-7-4-8-13-19)24(22)16-18-10-5-3-6-11-18/h3-8,10-13,17H,9,14-16H2,1-2H3. The minimum atomic E-state index is 0.554. The molecule has 1 nitrogen and oxygen atoms in total. The van der Waals surface area contributed by atoms with Crippen LogP contribution >= 0.6 is 0 Å². The Balaban J connectivity index is 1.93. The second-order valence-corrected chi connectivity index (χ2v) is 7.14. The normalized spacial score (nSPS) is 13.5. The number of rotatable bonds is 4. The van der Waals surface area contributed by atoms with Crippen molar-refractivity contribution in [1.29, 1.82) is 0 Å². The highest BCUT2D eigenvalue weighted by molar-refractivity contribution is 5.69. The largest absolute Gasteiger partial charge is 0.339 e. The zero-order chi connectivity index (χ0) is 16.5. The summed E-state index contributed by atoms with van der Waals surface area (Å²) in [5, 5.41) is 0. The van der Waals surface area contributed by atoms with Gasteiger partial charge >= 0.3 is 0 Å². The van der Waals surface area contributed by atoms with E-state index in [1.807, 2.05) is 0 Å². The van der Waals surface area contributed by atoms with Crippen molar-refractivity contribution in [3.05, 3.63) is 83.0 Å². The fraction of sp³-hybridized carbons (Fsp3) is 0.304. The number of hydrogen-bond donors (Lipinski definition) is 0. The molecule has 1 heteroatoms. The van der Waals surface area contributed by atoms with Crippen molar-refractivity contribution in [3.63, 3.8) is 0 Å². The predicted octanol–water partition coefficient (Wildman–Crippen LogP) is 5.82. The van der Waals surface area contributed by atoms with Crippen LogP contribution < -0.4 is 0 Å². The molecule has 1 aromatic heterocycles. The summed E-state index contributed by atoms with van der Waals surface area (Å²) in [6.45, 7) is 5.64. The van der Waals surface area contributed by atoms with Crippen LogP contribution in [-0.2, 0) is 19.4 Å². The van der Waals surface area contributed by atoms with Gasteiger partial charge in [-0.1, -0.05) is 74.5 Å². The first-order valence-electron chi connectivity index (χ1n) is 9.09. The maximum Gasteiger partial charge on any atom is 0.0521 e. The van der Waals surface area contributed by atoms with Gasteiger partial charge in [0.15, 0.2) is 0 Å². The maximum atomic E-state index is 2.60. The first kappa shape index (κ1) is 15.3. The lowest BCUT2D eigenvalue weighted by Gasteiger charge is -2.18. The van der Waals surface area contributed by atoms with E-state index < -0.39 is 0 Å². The summed E-state index contributed by atoms with van der Waals surface area (Å²) in [6, 6.07) is 21.8. The van der Waals surface area contributed by atoms with Gasteiger partial charge in [0.05, 0.1) is 5.69 Å². The van der Waals surface area contributed by atoms with Crippen molar-refractivity contribution in [3.8, 4) is 11.3 Å². The first-order chi connectivity index (χ1) is 11.8. The van der Waals surface area contributed by atoms with Crippen molar-refractivity contribution in [2.24, 2.45) is 0 Å². The number of aromatic nitrogens is 1. The molecule has 0 aliphatic heterocycles. The molecule has 0 radical (unpaired) electrons. The van der Waals surface area contributed by atoms with Gasteiger partial charge in [-0.25, -0.2) is 0 Å². The lowest BCUT2D eigenvalue weighted by Crippen LogP contribution is -2.09. The van der Waals surface area contributed by atoms with Gasteiger partial charge in [0.1, 0.15) is 0 Å². The van der Waals surface area contributed by atoms with Crippen molar-refractivity contribution in [2.45, 2.75) is 45.6 Å². The molecule has 0 saturated carbocycles. The van der Waals surface area contributed by atoms with E-state index in [0.29, 0.717) is 5.92 Å². The molecule has 1 heterocycles. The fourth-order valence-corrected chi connectivity index (χ4v) is 4.25. The average molecular weight is 315 g/mol. The van der Waals surface area contributed by atoms with Crippen LogP contribution in [0, 0.1) is 0 Å². The summed E-state index contributed by atoms with van der Waals surface area (Å²) in [5.74, 6) is 0.554. The van der Waals surface area contributed by atoms with Crippen LogP contribution in [0.4, 0.5) is 0 Å². The second kappa shape index (κ2) is 6.32. The number of fused-ring (bicyclic) bond motifs is 1. The van der Waals surface area contributed by atoms with Crippen LogP contribution in [0.5, 0.6) is 0 Å². The Morgan fingerprint density at radius 3 is 2.12 bits per heavy atom. The SMILES string of the molecule is CC(C)c1c2c(c(-c3ccccc3)n1Cc1ccccc1)CCC2. The Kier molecular flexibility index (Phi) is 4.02. The Bertz CT molecular complexity index is 825. The van der Waals surface area contributed by atoms with Gasteiger partial charge in [0.25, 0.3) is 0 Å². The van der Waals surface area contributed by atoms with Gasteiger partial charge in [0, 0.05) is 12.2 Å². The third-order valence-corrected chi connectivity index (χ3v) is 5.15. The van der Waals surface area contributed by atoms with Crippen LogP contribution in [0.15, 0.2) is 60.7 Å². The Labute approximate surface area is 145 Å². The van der Waals surface area contributed by atoms with Crippen molar-refractivity contribution in [2.75, 3.05) is 0 Å². The molecule has 2 aromatic carbocycles. The van der Waals surface area contributed by atoms with E-state index in [2.05, 4.69) is 79.1 Å². The summed E-state index contributed by atoms with van der Waals surface area (Å²) in [4.78, 5) is 0. The molecule has 1 aliphatic rings. The minimum Gasteiger partial charge on any atom is -0.339 e. The molecule has 0 fully saturated rings. The highest BCUT2D eigenvalue weighted by atomic mass is 15.0. The van der Waals surface area contributed by atoms with E-state index in [0.717, 1.165) is 6.54 Å². The zero-order valence-corrected chi connectivity index (χ0v) is 14.6. The molecular formula is C23H25N. The smallest absolute Gasteiger partial charge is 0.0521 e. The van der Waals surface area contributed by atoms with Crippen LogP contribution in [0.1, 0.15) is 48.6 Å². The topological polar surface area (TPSA) is 4.93 Å². The summed E-state index contributed by atoms with van der Waals surface area (Å²) in [5.41, 5.74) is 8.96. The highest BCUT2D eigenvalue weighted by Gasteiger charge is 2.27. The molecule has 0 spiro atoms. The quantitative estimate of drug-likeness (QED) is 0.572. The third kappa shape index (κ3) is 2.58. The van der Waals surface area contributed by atoms with Gasteiger partial charge in [-0.2, -0.15) is 0 Å². The third-order valence-electron chi connectivity index (χ3n) is 5.15. The molecule has 0 bridgehead atoms. The van der Waals surface area contributed by atoms with Gasteiger partial charge < -0.3 is 4.57 Å². The van der Waals surface area contributed by atoms with Gasteiger partial charge in [-0.3, -0.25) is 0 Å². The fourth-order valence-electron chi connectivity index (χ4n) is 4.25. The summed E-state index contributed by atoms with van der Waals surface area (Å²) in [7, 11) is 0. The van der Waals surface area contributed by atoms with Crippen molar-refractivity contribution in [1.82, 2.24) is 4.57 Å². The Hall–Kier alpha value is -2.28. The molecule has 3 aromatic rings. The second-order valence-electron chi connectivity index (χ2n) is 7.14. The highest BCUT2D eigenvalue weighted by Crippen LogP contribution is 2.40. The van der Waals surface area contributed by atoms with Crippen molar-refractivity contribution < 1.29 is 0 Å². The first-order valence-corrected chi connectivity index (χ1v) is 9.09. The summed E-state index contributed by atoms with van der Waals surface area (Å²) < 4.78 is 2.60. The molecule has 1 aliphatic carbocycles. The predicted molar refractivity (Wildman–Crippen MR) is 102 cm³/mol. The van der Waals surface area contributed by atoms with Gasteiger partial charge in [-0.15, -0.1) is 0 Å². The Morgan fingerprint density at radius 1 is 0.833 bits per heavy atom. The average Bonchev–Trinajstić information content (AvgIpc) is 3.16. The van der Waals surface area contributed by atoms with Crippen LogP contribution in [0.3, 0.4) is 0 Å². The van der Waals surface area contributed by atoms with Crippen LogP contribution in [0.2, 0.25) is 0 Å². The van der Waals surface area contributed by atoms with E-state index in [4.69, 9.17) is 0 Å². The van der Waals surface area contributed by atoms with Crippen molar-refractivity contribution >= 4 is 0 Å². The molecule has 0 amide bonds. The molecular weight excluding hydrogens is 290 g/mol. The van der Waals surface area contributed by atoms with Gasteiger partial charge in [0.2, 0.25) is 0 Å². The molecule has 0 atom stereocenters. The van der Waals surface area contributed by atoms with E-state index in [1.54, 1.807) is 16.8 Å². The molecule has 0 N–H and O–H groups in total. The molecule has 0 saturated heterocycles. The summed E-state index contributed by atoms with van der Waals surface area (Å²) >= 11 is 0. The minimum absolute atomic E-state index is 0.554. The molecule has 4 rings (SSSR count). The zero-order valence-electron chi connectivity index (χ0n) is 14.6. The monoisotopic (exact) mass is 315 g/mol. The summed E-state index contributed by atoms with van der Waals surface area (Å²) in [6.07, 6.45) is 3.77. The Morgan fingerprint density at radius 2 is 1.46 bits per heavy atom.